The molecule has 1 aliphatic rings. The molecule has 8 heteroatoms. The SMILES string of the molecule is CNC1CCCN(C(=O)C(C)NC(=O)c2cccc(Cl)c2Cl)C1.Cl. The van der Waals surface area contributed by atoms with Crippen LogP contribution in [0, 0.1) is 0 Å². The number of hydrogen-bond donors (Lipinski definition) is 2. The van der Waals surface area contributed by atoms with E-state index in [0.717, 1.165) is 19.4 Å². The van der Waals surface area contributed by atoms with Crippen molar-refractivity contribution in [1.82, 2.24) is 15.5 Å². The van der Waals surface area contributed by atoms with Gasteiger partial charge in [0.05, 0.1) is 15.6 Å². The molecule has 2 rings (SSSR count). The first-order chi connectivity index (χ1) is 10.9. The maximum atomic E-state index is 12.5. The fourth-order valence-corrected chi connectivity index (χ4v) is 3.09. The topological polar surface area (TPSA) is 61.4 Å². The molecule has 0 saturated carbocycles. The lowest BCUT2D eigenvalue weighted by atomic mass is 10.0. The van der Waals surface area contributed by atoms with Gasteiger partial charge in [0.1, 0.15) is 6.04 Å². The average molecular weight is 395 g/mol. The Hall–Kier alpha value is -1.01. The summed E-state index contributed by atoms with van der Waals surface area (Å²) in [5.74, 6) is -0.489. The first-order valence-corrected chi connectivity index (χ1v) is 8.40. The molecule has 5 nitrogen and oxygen atoms in total. The van der Waals surface area contributed by atoms with E-state index in [9.17, 15) is 9.59 Å². The van der Waals surface area contributed by atoms with E-state index in [1.54, 1.807) is 30.0 Å². The van der Waals surface area contributed by atoms with E-state index in [0.29, 0.717) is 17.6 Å². The summed E-state index contributed by atoms with van der Waals surface area (Å²) in [6, 6.07) is 4.53. The molecule has 1 aromatic rings. The van der Waals surface area contributed by atoms with E-state index in [-0.39, 0.29) is 28.9 Å². The van der Waals surface area contributed by atoms with Gasteiger partial charge in [0.25, 0.3) is 5.91 Å². The van der Waals surface area contributed by atoms with Gasteiger partial charge in [0.15, 0.2) is 0 Å². The molecule has 0 aliphatic carbocycles. The molecule has 1 aliphatic heterocycles. The average Bonchev–Trinajstić information content (AvgIpc) is 2.56. The molecule has 1 saturated heterocycles. The Labute approximate surface area is 158 Å². The van der Waals surface area contributed by atoms with Gasteiger partial charge in [-0.3, -0.25) is 9.59 Å². The van der Waals surface area contributed by atoms with Crippen molar-refractivity contribution in [2.45, 2.75) is 31.8 Å². The second-order valence-electron chi connectivity index (χ2n) is 5.71. The minimum Gasteiger partial charge on any atom is -0.340 e. The third-order valence-electron chi connectivity index (χ3n) is 4.06. The zero-order chi connectivity index (χ0) is 17.0. The van der Waals surface area contributed by atoms with Crippen molar-refractivity contribution in [3.8, 4) is 0 Å². The number of carbonyl (C=O) groups excluding carboxylic acids is 2. The summed E-state index contributed by atoms with van der Waals surface area (Å²) >= 11 is 12.0. The molecule has 1 fully saturated rings. The molecule has 0 bridgehead atoms. The number of rotatable bonds is 4. The Morgan fingerprint density at radius 1 is 1.33 bits per heavy atom. The van der Waals surface area contributed by atoms with Gasteiger partial charge in [-0.15, -0.1) is 12.4 Å². The number of benzene rings is 1. The third-order valence-corrected chi connectivity index (χ3v) is 4.87. The second kappa shape index (κ2) is 9.47. The van der Waals surface area contributed by atoms with Crippen LogP contribution in [-0.4, -0.2) is 48.9 Å². The molecular weight excluding hydrogens is 373 g/mol. The normalized spacial score (nSPS) is 18.5. The highest BCUT2D eigenvalue weighted by Gasteiger charge is 2.27. The summed E-state index contributed by atoms with van der Waals surface area (Å²) < 4.78 is 0. The molecule has 1 heterocycles. The van der Waals surface area contributed by atoms with Gasteiger partial charge in [-0.1, -0.05) is 29.3 Å². The van der Waals surface area contributed by atoms with Crippen molar-refractivity contribution in [1.29, 1.82) is 0 Å². The van der Waals surface area contributed by atoms with Crippen LogP contribution in [0.15, 0.2) is 18.2 Å². The fraction of sp³-hybridized carbons (Fsp3) is 0.500. The number of piperidine rings is 1. The standard InChI is InChI=1S/C16H21Cl2N3O2.ClH/c1-10(16(23)21-8-4-5-11(9-21)19-2)20-15(22)12-6-3-7-13(17)14(12)18;/h3,6-7,10-11,19H,4-5,8-9H2,1-2H3,(H,20,22);1H. The van der Waals surface area contributed by atoms with Crippen molar-refractivity contribution in [3.05, 3.63) is 33.8 Å². The summed E-state index contributed by atoms with van der Waals surface area (Å²) in [6.07, 6.45) is 2.01. The maximum Gasteiger partial charge on any atom is 0.253 e. The summed E-state index contributed by atoms with van der Waals surface area (Å²) in [5, 5.41) is 6.40. The Kier molecular flexibility index (Phi) is 8.30. The van der Waals surface area contributed by atoms with E-state index in [2.05, 4.69) is 10.6 Å². The van der Waals surface area contributed by atoms with E-state index in [4.69, 9.17) is 23.2 Å². The van der Waals surface area contributed by atoms with E-state index < -0.39 is 11.9 Å². The lowest BCUT2D eigenvalue weighted by Gasteiger charge is -2.34. The van der Waals surface area contributed by atoms with Crippen molar-refractivity contribution >= 4 is 47.4 Å². The fourth-order valence-electron chi connectivity index (χ4n) is 2.70. The molecule has 134 valence electrons. The molecule has 2 unspecified atom stereocenters. The molecule has 1 aromatic carbocycles. The number of carbonyl (C=O) groups is 2. The van der Waals surface area contributed by atoms with Crippen LogP contribution in [0.25, 0.3) is 0 Å². The Bertz CT molecular complexity index is 598. The number of amides is 2. The Balaban J connectivity index is 0.00000288. The van der Waals surface area contributed by atoms with Gasteiger partial charge >= 0.3 is 0 Å². The summed E-state index contributed by atoms with van der Waals surface area (Å²) in [4.78, 5) is 26.6. The maximum absolute atomic E-state index is 12.5. The van der Waals surface area contributed by atoms with Crippen molar-refractivity contribution in [2.24, 2.45) is 0 Å². The number of hydrogen-bond acceptors (Lipinski definition) is 3. The minimum absolute atomic E-state index is 0. The van der Waals surface area contributed by atoms with Crippen LogP contribution < -0.4 is 10.6 Å². The monoisotopic (exact) mass is 393 g/mol. The lowest BCUT2D eigenvalue weighted by molar-refractivity contribution is -0.134. The van der Waals surface area contributed by atoms with Gasteiger partial charge in [-0.2, -0.15) is 0 Å². The van der Waals surface area contributed by atoms with E-state index >= 15 is 0 Å². The molecule has 2 atom stereocenters. The van der Waals surface area contributed by atoms with Crippen LogP contribution in [0.1, 0.15) is 30.1 Å². The van der Waals surface area contributed by atoms with E-state index in [1.165, 1.54) is 0 Å². The summed E-state index contributed by atoms with van der Waals surface area (Å²) in [5.41, 5.74) is 0.269. The Morgan fingerprint density at radius 3 is 2.71 bits per heavy atom. The molecule has 2 N–H and O–H groups in total. The van der Waals surface area contributed by atoms with Crippen LogP contribution >= 0.6 is 35.6 Å². The number of halogens is 3. The smallest absolute Gasteiger partial charge is 0.253 e. The van der Waals surface area contributed by atoms with Crippen LogP contribution in [0.4, 0.5) is 0 Å². The summed E-state index contributed by atoms with van der Waals surface area (Å²) in [7, 11) is 1.89. The third kappa shape index (κ3) is 4.99. The predicted molar refractivity (Wildman–Crippen MR) is 99.3 cm³/mol. The molecule has 0 aromatic heterocycles. The van der Waals surface area contributed by atoms with Crippen LogP contribution in [0.3, 0.4) is 0 Å². The second-order valence-corrected chi connectivity index (χ2v) is 6.49. The molecule has 2 amide bonds. The zero-order valence-electron chi connectivity index (χ0n) is 13.6. The number of nitrogens with zero attached hydrogens (tertiary/aromatic N) is 1. The van der Waals surface area contributed by atoms with Gasteiger partial charge in [0.2, 0.25) is 5.91 Å². The first-order valence-electron chi connectivity index (χ1n) is 7.65. The number of likely N-dealkylation sites (N-methyl/N-ethyl adjacent to an activating group) is 1. The molecular formula is C16H22Cl3N3O2. The minimum atomic E-state index is -0.617. The zero-order valence-corrected chi connectivity index (χ0v) is 16.0. The molecule has 24 heavy (non-hydrogen) atoms. The van der Waals surface area contributed by atoms with Crippen molar-refractivity contribution in [2.75, 3.05) is 20.1 Å². The van der Waals surface area contributed by atoms with Crippen molar-refractivity contribution in [3.63, 3.8) is 0 Å². The highest BCUT2D eigenvalue weighted by molar-refractivity contribution is 6.43. The van der Waals surface area contributed by atoms with Gasteiger partial charge in [0, 0.05) is 19.1 Å². The predicted octanol–water partition coefficient (Wildman–Crippen LogP) is 2.74. The van der Waals surface area contributed by atoms with Crippen LogP contribution in [-0.2, 0) is 4.79 Å². The first kappa shape index (κ1) is 21.0. The van der Waals surface area contributed by atoms with Crippen molar-refractivity contribution < 1.29 is 9.59 Å². The van der Waals surface area contributed by atoms with Crippen LogP contribution in [0.5, 0.6) is 0 Å². The number of nitrogens with one attached hydrogen (secondary N) is 2. The largest absolute Gasteiger partial charge is 0.340 e. The Morgan fingerprint density at radius 2 is 2.04 bits per heavy atom. The van der Waals surface area contributed by atoms with Crippen LogP contribution in [0.2, 0.25) is 10.0 Å². The molecule has 0 radical (unpaired) electrons. The van der Waals surface area contributed by atoms with Gasteiger partial charge in [-0.05, 0) is 38.9 Å². The molecule has 0 spiro atoms. The highest BCUT2D eigenvalue weighted by Crippen LogP contribution is 2.25. The quantitative estimate of drug-likeness (QED) is 0.825. The van der Waals surface area contributed by atoms with E-state index in [1.807, 2.05) is 7.05 Å². The summed E-state index contributed by atoms with van der Waals surface area (Å²) in [6.45, 7) is 3.06. The highest BCUT2D eigenvalue weighted by atomic mass is 35.5. The lowest BCUT2D eigenvalue weighted by Crippen LogP contribution is -2.53. The van der Waals surface area contributed by atoms with Gasteiger partial charge in [-0.25, -0.2) is 0 Å². The van der Waals surface area contributed by atoms with Gasteiger partial charge < -0.3 is 15.5 Å². The number of likely N-dealkylation sites (tertiary alicyclic amines) is 1.